The van der Waals surface area contributed by atoms with E-state index in [0.29, 0.717) is 50.0 Å². The third-order valence-electron chi connectivity index (χ3n) is 4.33. The number of halogens is 1. The van der Waals surface area contributed by atoms with Gasteiger partial charge < -0.3 is 15.4 Å². The number of anilines is 1. The minimum atomic E-state index is -3.49. The molecule has 150 valence electrons. The molecule has 2 aromatic carbocycles. The molecule has 0 bridgehead atoms. The number of carbonyl (C=O) groups is 1. The Hall–Kier alpha value is -2.13. The fourth-order valence-corrected chi connectivity index (χ4v) is 4.33. The summed E-state index contributed by atoms with van der Waals surface area (Å²) in [6, 6.07) is 13.3. The van der Waals surface area contributed by atoms with E-state index in [1.54, 1.807) is 48.5 Å². The summed E-state index contributed by atoms with van der Waals surface area (Å²) >= 11 is 5.81. The maximum absolute atomic E-state index is 12.6. The first-order valence-electron chi connectivity index (χ1n) is 8.92. The van der Waals surface area contributed by atoms with Crippen LogP contribution < -0.4 is 10.6 Å². The van der Waals surface area contributed by atoms with Gasteiger partial charge in [0.25, 0.3) is 0 Å². The standard InChI is InChI=1S/C19H22ClN3O4S/c20-16-3-5-17(6-4-16)22-19(24)21-10-9-15-1-7-18(8-2-15)28(25,26)23-11-13-27-14-12-23/h1-8H,9-14H2,(H2,21,22,24). The molecule has 0 aliphatic carbocycles. The monoisotopic (exact) mass is 423 g/mol. The second-order valence-corrected chi connectivity index (χ2v) is 8.67. The third-order valence-corrected chi connectivity index (χ3v) is 6.50. The largest absolute Gasteiger partial charge is 0.379 e. The Bertz CT molecular complexity index is 896. The minimum absolute atomic E-state index is 0.270. The molecule has 1 saturated heterocycles. The normalized spacial score (nSPS) is 15.2. The Morgan fingerprint density at radius 1 is 1.04 bits per heavy atom. The molecule has 1 heterocycles. The average Bonchev–Trinajstić information content (AvgIpc) is 2.71. The number of urea groups is 1. The molecule has 7 nitrogen and oxygen atoms in total. The molecule has 28 heavy (non-hydrogen) atoms. The first-order chi connectivity index (χ1) is 13.4. The number of morpholine rings is 1. The third kappa shape index (κ3) is 5.45. The van der Waals surface area contributed by atoms with Crippen LogP contribution >= 0.6 is 11.6 Å². The Morgan fingerprint density at radius 3 is 2.32 bits per heavy atom. The number of carbonyl (C=O) groups excluding carboxylic acids is 1. The van der Waals surface area contributed by atoms with Crippen LogP contribution in [0.3, 0.4) is 0 Å². The maximum atomic E-state index is 12.6. The fourth-order valence-electron chi connectivity index (χ4n) is 2.79. The number of nitrogens with zero attached hydrogens (tertiary/aromatic N) is 1. The summed E-state index contributed by atoms with van der Waals surface area (Å²) in [5.74, 6) is 0. The van der Waals surface area contributed by atoms with Gasteiger partial charge in [0.15, 0.2) is 0 Å². The van der Waals surface area contributed by atoms with Gasteiger partial charge >= 0.3 is 6.03 Å². The number of amides is 2. The van der Waals surface area contributed by atoms with Crippen molar-refractivity contribution in [3.8, 4) is 0 Å². The quantitative estimate of drug-likeness (QED) is 0.747. The predicted octanol–water partition coefficient (Wildman–Crippen LogP) is 2.73. The lowest BCUT2D eigenvalue weighted by molar-refractivity contribution is 0.0730. The van der Waals surface area contributed by atoms with E-state index >= 15 is 0 Å². The lowest BCUT2D eigenvalue weighted by Gasteiger charge is -2.26. The van der Waals surface area contributed by atoms with E-state index in [9.17, 15) is 13.2 Å². The van der Waals surface area contributed by atoms with Crippen molar-refractivity contribution in [2.75, 3.05) is 38.2 Å². The van der Waals surface area contributed by atoms with E-state index in [2.05, 4.69) is 10.6 Å². The molecule has 0 spiro atoms. The summed E-state index contributed by atoms with van der Waals surface area (Å²) in [5, 5.41) is 6.09. The van der Waals surface area contributed by atoms with Gasteiger partial charge in [0, 0.05) is 30.3 Å². The first kappa shape index (κ1) is 20.6. The Labute approximate surface area is 169 Å². The van der Waals surface area contributed by atoms with E-state index in [4.69, 9.17) is 16.3 Å². The molecular formula is C19H22ClN3O4S. The molecule has 2 N–H and O–H groups in total. The highest BCUT2D eigenvalue weighted by Crippen LogP contribution is 2.18. The molecule has 1 fully saturated rings. The van der Waals surface area contributed by atoms with Crippen molar-refractivity contribution in [3.05, 3.63) is 59.1 Å². The van der Waals surface area contributed by atoms with E-state index < -0.39 is 10.0 Å². The molecule has 2 amide bonds. The fraction of sp³-hybridized carbons (Fsp3) is 0.316. The van der Waals surface area contributed by atoms with Crippen molar-refractivity contribution < 1.29 is 17.9 Å². The van der Waals surface area contributed by atoms with Gasteiger partial charge in [-0.2, -0.15) is 4.31 Å². The Morgan fingerprint density at radius 2 is 1.68 bits per heavy atom. The molecule has 0 unspecified atom stereocenters. The highest BCUT2D eigenvalue weighted by molar-refractivity contribution is 7.89. The van der Waals surface area contributed by atoms with Crippen LogP contribution in [0, 0.1) is 0 Å². The predicted molar refractivity (Wildman–Crippen MR) is 108 cm³/mol. The zero-order chi connectivity index (χ0) is 20.0. The van der Waals surface area contributed by atoms with Gasteiger partial charge in [-0.3, -0.25) is 0 Å². The van der Waals surface area contributed by atoms with Gasteiger partial charge in [0.2, 0.25) is 10.0 Å². The zero-order valence-electron chi connectivity index (χ0n) is 15.2. The highest BCUT2D eigenvalue weighted by Gasteiger charge is 2.25. The number of hydrogen-bond donors (Lipinski definition) is 2. The van der Waals surface area contributed by atoms with Crippen LogP contribution in [-0.2, 0) is 21.2 Å². The van der Waals surface area contributed by atoms with E-state index in [1.165, 1.54) is 4.31 Å². The van der Waals surface area contributed by atoms with Crippen molar-refractivity contribution in [1.29, 1.82) is 0 Å². The number of sulfonamides is 1. The van der Waals surface area contributed by atoms with Crippen molar-refractivity contribution in [3.63, 3.8) is 0 Å². The summed E-state index contributed by atoms with van der Waals surface area (Å²) in [7, 11) is -3.49. The summed E-state index contributed by atoms with van der Waals surface area (Å²) in [6.45, 7) is 2.00. The first-order valence-corrected chi connectivity index (χ1v) is 10.7. The van der Waals surface area contributed by atoms with Gasteiger partial charge in [-0.25, -0.2) is 13.2 Å². The number of ether oxygens (including phenoxy) is 1. The zero-order valence-corrected chi connectivity index (χ0v) is 16.8. The Balaban J connectivity index is 1.49. The molecule has 2 aromatic rings. The van der Waals surface area contributed by atoms with Crippen molar-refractivity contribution in [1.82, 2.24) is 9.62 Å². The minimum Gasteiger partial charge on any atom is -0.379 e. The van der Waals surface area contributed by atoms with Crippen LogP contribution in [0.15, 0.2) is 53.4 Å². The van der Waals surface area contributed by atoms with E-state index in [1.807, 2.05) is 0 Å². The van der Waals surface area contributed by atoms with E-state index in [0.717, 1.165) is 5.56 Å². The summed E-state index contributed by atoms with van der Waals surface area (Å²) in [5.41, 5.74) is 1.59. The van der Waals surface area contributed by atoms with Gasteiger partial charge in [-0.15, -0.1) is 0 Å². The summed E-state index contributed by atoms with van der Waals surface area (Å²) in [4.78, 5) is 12.2. The van der Waals surface area contributed by atoms with Crippen LogP contribution in [0.25, 0.3) is 0 Å². The molecule has 9 heteroatoms. The molecule has 0 saturated carbocycles. The average molecular weight is 424 g/mol. The second kappa shape index (κ2) is 9.38. The van der Waals surface area contributed by atoms with Gasteiger partial charge in [0.1, 0.15) is 0 Å². The number of nitrogens with one attached hydrogen (secondary N) is 2. The lowest BCUT2D eigenvalue weighted by Crippen LogP contribution is -2.40. The summed E-state index contributed by atoms with van der Waals surface area (Å²) < 4.78 is 31.8. The molecule has 0 atom stereocenters. The lowest BCUT2D eigenvalue weighted by atomic mass is 10.1. The van der Waals surface area contributed by atoms with Crippen LogP contribution in [0.2, 0.25) is 5.02 Å². The topological polar surface area (TPSA) is 87.7 Å². The highest BCUT2D eigenvalue weighted by atomic mass is 35.5. The molecule has 0 radical (unpaired) electrons. The summed E-state index contributed by atoms with van der Waals surface area (Å²) in [6.07, 6.45) is 0.589. The number of rotatable bonds is 6. The van der Waals surface area contributed by atoms with Crippen molar-refractivity contribution >= 4 is 33.3 Å². The number of benzene rings is 2. The number of hydrogen-bond acceptors (Lipinski definition) is 4. The van der Waals surface area contributed by atoms with Gasteiger partial charge in [0.05, 0.1) is 18.1 Å². The molecular weight excluding hydrogens is 402 g/mol. The van der Waals surface area contributed by atoms with Gasteiger partial charge in [-0.05, 0) is 48.4 Å². The maximum Gasteiger partial charge on any atom is 0.319 e. The molecule has 1 aliphatic rings. The molecule has 1 aliphatic heterocycles. The molecule has 3 rings (SSSR count). The van der Waals surface area contributed by atoms with Crippen LogP contribution in [-0.4, -0.2) is 51.6 Å². The van der Waals surface area contributed by atoms with Crippen LogP contribution in [0.1, 0.15) is 5.56 Å². The van der Waals surface area contributed by atoms with Crippen molar-refractivity contribution in [2.45, 2.75) is 11.3 Å². The second-order valence-electron chi connectivity index (χ2n) is 6.30. The molecule has 0 aromatic heterocycles. The van der Waals surface area contributed by atoms with E-state index in [-0.39, 0.29) is 10.9 Å². The smallest absolute Gasteiger partial charge is 0.319 e. The van der Waals surface area contributed by atoms with Crippen LogP contribution in [0.5, 0.6) is 0 Å². The SMILES string of the molecule is O=C(NCCc1ccc(S(=O)(=O)N2CCOCC2)cc1)Nc1ccc(Cl)cc1. The van der Waals surface area contributed by atoms with Crippen molar-refractivity contribution in [2.24, 2.45) is 0 Å². The van der Waals surface area contributed by atoms with Gasteiger partial charge in [-0.1, -0.05) is 23.7 Å². The Kier molecular flexibility index (Phi) is 6.90. The van der Waals surface area contributed by atoms with Crippen LogP contribution in [0.4, 0.5) is 10.5 Å².